The minimum Gasteiger partial charge on any atom is -0.497 e. The van der Waals surface area contributed by atoms with E-state index in [1.165, 1.54) is 17.3 Å². The summed E-state index contributed by atoms with van der Waals surface area (Å²) in [6.45, 7) is 4.33. The number of carbonyl (C=O) groups is 1. The number of aromatic nitrogens is 3. The van der Waals surface area contributed by atoms with Crippen LogP contribution in [0.1, 0.15) is 25.3 Å². The molecule has 0 fully saturated rings. The fourth-order valence-electron chi connectivity index (χ4n) is 4.34. The number of thioether (sulfide) groups is 1. The zero-order chi connectivity index (χ0) is 25.8. The topological polar surface area (TPSA) is 69.0 Å². The second-order valence-corrected chi connectivity index (χ2v) is 9.89. The zero-order valence-electron chi connectivity index (χ0n) is 21.0. The summed E-state index contributed by atoms with van der Waals surface area (Å²) >= 11 is 1.37. The fourth-order valence-corrected chi connectivity index (χ4v) is 5.08. The van der Waals surface area contributed by atoms with Crippen LogP contribution in [0, 0.1) is 0 Å². The highest BCUT2D eigenvalue weighted by atomic mass is 32.2. The fraction of sp³-hybridized carbons (Fsp3) is 0.167. The summed E-state index contributed by atoms with van der Waals surface area (Å²) < 4.78 is 7.37. The van der Waals surface area contributed by atoms with E-state index in [4.69, 9.17) is 4.74 Å². The largest absolute Gasteiger partial charge is 0.497 e. The molecular weight excluding hydrogens is 480 g/mol. The minimum absolute atomic E-state index is 0.0981. The van der Waals surface area contributed by atoms with Crippen molar-refractivity contribution in [1.82, 2.24) is 14.8 Å². The molecule has 4 aromatic carbocycles. The van der Waals surface area contributed by atoms with Crippen molar-refractivity contribution in [2.24, 2.45) is 0 Å². The van der Waals surface area contributed by atoms with Gasteiger partial charge in [0.15, 0.2) is 11.0 Å². The number of fused-ring (bicyclic) bond motifs is 1. The van der Waals surface area contributed by atoms with E-state index < -0.39 is 0 Å². The van der Waals surface area contributed by atoms with E-state index in [1.807, 2.05) is 83.4 Å². The van der Waals surface area contributed by atoms with Crippen molar-refractivity contribution in [2.45, 2.75) is 24.9 Å². The van der Waals surface area contributed by atoms with Crippen molar-refractivity contribution in [3.8, 4) is 22.8 Å². The number of hydrogen-bond donors (Lipinski definition) is 1. The summed E-state index contributed by atoms with van der Waals surface area (Å²) in [6.07, 6.45) is 0. The molecule has 7 heteroatoms. The van der Waals surface area contributed by atoms with Gasteiger partial charge in [-0.1, -0.05) is 80.2 Å². The number of hydrogen-bond acceptors (Lipinski definition) is 5. The van der Waals surface area contributed by atoms with Crippen LogP contribution >= 0.6 is 11.8 Å². The normalized spacial score (nSPS) is 11.1. The third kappa shape index (κ3) is 5.22. The lowest BCUT2D eigenvalue weighted by Crippen LogP contribution is -2.15. The second kappa shape index (κ2) is 10.9. The maximum Gasteiger partial charge on any atom is 0.234 e. The van der Waals surface area contributed by atoms with Gasteiger partial charge in [0.1, 0.15) is 5.75 Å². The first-order valence-corrected chi connectivity index (χ1v) is 13.1. The Hall–Kier alpha value is -4.10. The lowest BCUT2D eigenvalue weighted by molar-refractivity contribution is -0.113. The smallest absolute Gasteiger partial charge is 0.234 e. The molecule has 1 heterocycles. The third-order valence-corrected chi connectivity index (χ3v) is 7.11. The molecule has 186 valence electrons. The number of carbonyl (C=O) groups excluding carboxylic acids is 1. The van der Waals surface area contributed by atoms with Gasteiger partial charge in [-0.2, -0.15) is 0 Å². The first-order valence-electron chi connectivity index (χ1n) is 12.1. The molecule has 0 atom stereocenters. The molecule has 0 radical (unpaired) electrons. The number of amides is 1. The third-order valence-electron chi connectivity index (χ3n) is 6.18. The molecule has 0 aliphatic rings. The molecule has 0 unspecified atom stereocenters. The molecule has 1 aromatic heterocycles. The standard InChI is InChI=1S/C30H28N4O2S/c1-20(2)24-11-6-7-14-27(24)34-29(22-15-17-23(36-3)18-16-22)32-33-30(34)37-19-28(35)31-26-13-8-10-21-9-4-5-12-25(21)26/h4-18,20H,19H2,1-3H3,(H,31,35). The number of nitrogens with zero attached hydrogens (tertiary/aromatic N) is 3. The summed E-state index contributed by atoms with van der Waals surface area (Å²) in [5, 5.41) is 14.9. The molecule has 1 N–H and O–H groups in total. The molecule has 1 amide bonds. The summed E-state index contributed by atoms with van der Waals surface area (Å²) in [7, 11) is 1.65. The average molecular weight is 509 g/mol. The van der Waals surface area contributed by atoms with Crippen molar-refractivity contribution in [3.63, 3.8) is 0 Å². The Kier molecular flexibility index (Phi) is 7.23. The predicted molar refractivity (Wildman–Crippen MR) is 151 cm³/mol. The van der Waals surface area contributed by atoms with Gasteiger partial charge in [0.2, 0.25) is 5.91 Å². The van der Waals surface area contributed by atoms with E-state index in [0.717, 1.165) is 33.5 Å². The molecule has 0 bridgehead atoms. The van der Waals surface area contributed by atoms with E-state index >= 15 is 0 Å². The summed E-state index contributed by atoms with van der Waals surface area (Å²) in [6, 6.07) is 29.9. The van der Waals surface area contributed by atoms with Crippen LogP contribution in [0.2, 0.25) is 0 Å². The Balaban J connectivity index is 1.46. The molecule has 0 aliphatic heterocycles. The van der Waals surface area contributed by atoms with Crippen molar-refractivity contribution in [2.75, 3.05) is 18.2 Å². The van der Waals surface area contributed by atoms with Crippen LogP contribution in [0.3, 0.4) is 0 Å². The van der Waals surface area contributed by atoms with E-state index in [2.05, 4.69) is 41.5 Å². The van der Waals surface area contributed by atoms with E-state index in [9.17, 15) is 4.79 Å². The summed E-state index contributed by atoms with van der Waals surface area (Å²) in [5.74, 6) is 1.90. The van der Waals surface area contributed by atoms with Crippen LogP contribution in [-0.2, 0) is 4.79 Å². The highest BCUT2D eigenvalue weighted by molar-refractivity contribution is 7.99. The number of anilines is 1. The van der Waals surface area contributed by atoms with Gasteiger partial charge in [0, 0.05) is 16.6 Å². The SMILES string of the molecule is COc1ccc(-c2nnc(SCC(=O)Nc3cccc4ccccc34)n2-c2ccccc2C(C)C)cc1. The van der Waals surface area contributed by atoms with Crippen molar-refractivity contribution >= 4 is 34.1 Å². The Bertz CT molecular complexity index is 1540. The lowest BCUT2D eigenvalue weighted by atomic mass is 10.0. The molecular formula is C30H28N4O2S. The zero-order valence-corrected chi connectivity index (χ0v) is 21.8. The van der Waals surface area contributed by atoms with Crippen molar-refractivity contribution in [3.05, 3.63) is 96.6 Å². The number of ether oxygens (including phenoxy) is 1. The molecule has 0 saturated heterocycles. The average Bonchev–Trinajstić information content (AvgIpc) is 3.36. The van der Waals surface area contributed by atoms with Crippen LogP contribution in [0.25, 0.3) is 27.8 Å². The van der Waals surface area contributed by atoms with Crippen LogP contribution in [-0.4, -0.2) is 33.5 Å². The summed E-state index contributed by atoms with van der Waals surface area (Å²) in [4.78, 5) is 13.0. The predicted octanol–water partition coefficient (Wildman–Crippen LogP) is 6.95. The maximum atomic E-state index is 13.0. The number of methoxy groups -OCH3 is 1. The van der Waals surface area contributed by atoms with E-state index in [0.29, 0.717) is 16.9 Å². The number of benzene rings is 4. The van der Waals surface area contributed by atoms with Crippen molar-refractivity contribution in [1.29, 1.82) is 0 Å². The quantitative estimate of drug-likeness (QED) is 0.230. The van der Waals surface area contributed by atoms with Gasteiger partial charge in [0.25, 0.3) is 0 Å². The van der Waals surface area contributed by atoms with Crippen LogP contribution in [0.4, 0.5) is 5.69 Å². The van der Waals surface area contributed by atoms with Crippen LogP contribution in [0.5, 0.6) is 5.75 Å². The highest BCUT2D eigenvalue weighted by Crippen LogP contribution is 2.33. The molecule has 5 aromatic rings. The number of para-hydroxylation sites is 1. The van der Waals surface area contributed by atoms with Gasteiger partial charge in [-0.25, -0.2) is 0 Å². The van der Waals surface area contributed by atoms with Gasteiger partial charge >= 0.3 is 0 Å². The maximum absolute atomic E-state index is 13.0. The number of nitrogens with one attached hydrogen (secondary N) is 1. The number of rotatable bonds is 8. The first-order chi connectivity index (χ1) is 18.0. The van der Waals surface area contributed by atoms with Gasteiger partial charge in [-0.3, -0.25) is 9.36 Å². The Morgan fingerprint density at radius 3 is 2.43 bits per heavy atom. The molecule has 0 saturated carbocycles. The van der Waals surface area contributed by atoms with E-state index in [-0.39, 0.29) is 11.7 Å². The van der Waals surface area contributed by atoms with Gasteiger partial charge in [-0.15, -0.1) is 10.2 Å². The van der Waals surface area contributed by atoms with Gasteiger partial charge in [-0.05, 0) is 53.3 Å². The van der Waals surface area contributed by atoms with Crippen LogP contribution < -0.4 is 10.1 Å². The van der Waals surface area contributed by atoms with Gasteiger partial charge in [0.05, 0.1) is 18.6 Å². The molecule has 5 rings (SSSR count). The van der Waals surface area contributed by atoms with E-state index in [1.54, 1.807) is 7.11 Å². The molecule has 6 nitrogen and oxygen atoms in total. The highest BCUT2D eigenvalue weighted by Gasteiger charge is 2.20. The minimum atomic E-state index is -0.0981. The Morgan fingerprint density at radius 2 is 1.65 bits per heavy atom. The molecule has 0 spiro atoms. The lowest BCUT2D eigenvalue weighted by Gasteiger charge is -2.17. The van der Waals surface area contributed by atoms with Crippen molar-refractivity contribution < 1.29 is 9.53 Å². The molecule has 0 aliphatic carbocycles. The van der Waals surface area contributed by atoms with Crippen LogP contribution in [0.15, 0.2) is 96.2 Å². The van der Waals surface area contributed by atoms with Gasteiger partial charge < -0.3 is 10.1 Å². The summed E-state index contributed by atoms with van der Waals surface area (Å²) in [5.41, 5.74) is 3.90. The monoisotopic (exact) mass is 508 g/mol. The Morgan fingerprint density at radius 1 is 0.919 bits per heavy atom. The first kappa shape index (κ1) is 24.6. The Labute approximate surface area is 220 Å². The second-order valence-electron chi connectivity index (χ2n) is 8.95. The molecule has 37 heavy (non-hydrogen) atoms.